The fourth-order valence-electron chi connectivity index (χ4n) is 2.56. The largest absolute Gasteiger partial charge is 0.339 e. The molecule has 3 N–H and O–H groups in total. The van der Waals surface area contributed by atoms with Gasteiger partial charge in [0.2, 0.25) is 5.91 Å². The molecule has 3 rings (SSSR count). The molecule has 0 saturated heterocycles. The van der Waals surface area contributed by atoms with E-state index in [9.17, 15) is 9.59 Å². The average molecular weight is 375 g/mol. The Morgan fingerprint density at radius 2 is 1.57 bits per heavy atom. The second-order valence-electron chi connectivity index (χ2n) is 6.20. The molecule has 2 aromatic carbocycles. The molecule has 7 heteroatoms. The summed E-state index contributed by atoms with van der Waals surface area (Å²) in [5.74, 6) is -0.0125. The fourth-order valence-corrected chi connectivity index (χ4v) is 2.56. The predicted molar refractivity (Wildman–Crippen MR) is 110 cm³/mol. The van der Waals surface area contributed by atoms with Crippen LogP contribution in [0.4, 0.5) is 22.9 Å². The van der Waals surface area contributed by atoms with E-state index in [2.05, 4.69) is 33.1 Å². The zero-order chi connectivity index (χ0) is 19.9. The molecule has 1 heterocycles. The summed E-state index contributed by atoms with van der Waals surface area (Å²) >= 11 is 0. The van der Waals surface area contributed by atoms with Crippen molar-refractivity contribution >= 4 is 34.7 Å². The van der Waals surface area contributed by atoms with E-state index >= 15 is 0 Å². The van der Waals surface area contributed by atoms with E-state index < -0.39 is 0 Å². The van der Waals surface area contributed by atoms with E-state index in [1.54, 1.807) is 36.4 Å². The average Bonchev–Trinajstić information content (AvgIpc) is 2.69. The lowest BCUT2D eigenvalue weighted by molar-refractivity contribution is -0.114. The quantitative estimate of drug-likeness (QED) is 0.605. The number of aryl methyl sites for hydroxylation is 1. The lowest BCUT2D eigenvalue weighted by atomic mass is 10.1. The van der Waals surface area contributed by atoms with Gasteiger partial charge in [-0.1, -0.05) is 25.1 Å². The molecule has 0 radical (unpaired) electrons. The van der Waals surface area contributed by atoms with Crippen molar-refractivity contribution in [2.24, 2.45) is 0 Å². The fraction of sp³-hybridized carbons (Fsp3) is 0.143. The van der Waals surface area contributed by atoms with Crippen LogP contribution in [-0.2, 0) is 11.2 Å². The van der Waals surface area contributed by atoms with Gasteiger partial charge in [-0.3, -0.25) is 9.59 Å². The smallest absolute Gasteiger partial charge is 0.276 e. The van der Waals surface area contributed by atoms with Crippen LogP contribution >= 0.6 is 0 Å². The maximum Gasteiger partial charge on any atom is 0.276 e. The summed E-state index contributed by atoms with van der Waals surface area (Å²) in [4.78, 5) is 23.5. The highest BCUT2D eigenvalue weighted by molar-refractivity contribution is 6.03. The molecule has 28 heavy (non-hydrogen) atoms. The van der Waals surface area contributed by atoms with Crippen molar-refractivity contribution in [3.05, 3.63) is 71.9 Å². The third-order valence-electron chi connectivity index (χ3n) is 3.97. The summed E-state index contributed by atoms with van der Waals surface area (Å²) < 4.78 is 0. The van der Waals surface area contributed by atoms with E-state index in [4.69, 9.17) is 0 Å². The molecule has 142 valence electrons. The molecule has 0 atom stereocenters. The zero-order valence-electron chi connectivity index (χ0n) is 15.7. The first-order valence-corrected chi connectivity index (χ1v) is 8.92. The molecular weight excluding hydrogens is 354 g/mol. The molecule has 7 nitrogen and oxygen atoms in total. The molecule has 0 aliphatic carbocycles. The van der Waals surface area contributed by atoms with Crippen molar-refractivity contribution in [2.45, 2.75) is 20.3 Å². The Labute approximate surface area is 163 Å². The van der Waals surface area contributed by atoms with Crippen molar-refractivity contribution in [3.8, 4) is 0 Å². The van der Waals surface area contributed by atoms with Gasteiger partial charge in [0.1, 0.15) is 0 Å². The Hall–Kier alpha value is -3.74. The van der Waals surface area contributed by atoms with Gasteiger partial charge in [-0.15, -0.1) is 10.2 Å². The lowest BCUT2D eigenvalue weighted by Gasteiger charge is -2.08. The number of aromatic nitrogens is 2. The Balaban J connectivity index is 1.64. The van der Waals surface area contributed by atoms with E-state index in [0.29, 0.717) is 17.2 Å². The normalized spacial score (nSPS) is 10.2. The summed E-state index contributed by atoms with van der Waals surface area (Å²) in [5.41, 5.74) is 3.50. The Morgan fingerprint density at radius 1 is 0.857 bits per heavy atom. The van der Waals surface area contributed by atoms with Gasteiger partial charge in [0, 0.05) is 24.0 Å². The molecule has 0 unspecified atom stereocenters. The van der Waals surface area contributed by atoms with Crippen molar-refractivity contribution < 1.29 is 9.59 Å². The molecular formula is C21H21N5O2. The number of amides is 2. The zero-order valence-corrected chi connectivity index (χ0v) is 15.7. The maximum atomic E-state index is 12.4. The third-order valence-corrected chi connectivity index (χ3v) is 3.97. The van der Waals surface area contributed by atoms with E-state index in [1.165, 1.54) is 12.5 Å². The minimum absolute atomic E-state index is 0.179. The van der Waals surface area contributed by atoms with E-state index in [1.807, 2.05) is 24.3 Å². The molecule has 1 aromatic heterocycles. The topological polar surface area (TPSA) is 96.0 Å². The highest BCUT2D eigenvalue weighted by Gasteiger charge is 2.09. The summed E-state index contributed by atoms with van der Waals surface area (Å²) in [5, 5.41) is 16.6. The molecule has 3 aromatic rings. The number of anilines is 4. The molecule has 0 spiro atoms. The Bertz CT molecular complexity index is 969. The van der Waals surface area contributed by atoms with Crippen molar-refractivity contribution in [1.82, 2.24) is 10.2 Å². The predicted octanol–water partition coefficient (Wildman–Crippen LogP) is 3.99. The summed E-state index contributed by atoms with van der Waals surface area (Å²) in [6, 6.07) is 18.2. The standard InChI is InChI=1S/C21H21N5O2/c1-3-15-7-9-16(10-8-15)23-20-12-11-19(25-26-20)21(28)24-18-6-4-5-17(13-18)22-14(2)27/h4-13H,3H2,1-2H3,(H,22,27)(H,23,26)(H,24,28). The minimum Gasteiger partial charge on any atom is -0.339 e. The Kier molecular flexibility index (Phi) is 5.96. The first kappa shape index (κ1) is 19.0. The van der Waals surface area contributed by atoms with Crippen LogP contribution in [0.5, 0.6) is 0 Å². The van der Waals surface area contributed by atoms with Crippen LogP contribution in [0.3, 0.4) is 0 Å². The van der Waals surface area contributed by atoms with Crippen LogP contribution in [0.25, 0.3) is 0 Å². The molecule has 0 aliphatic rings. The van der Waals surface area contributed by atoms with Crippen LogP contribution in [0.2, 0.25) is 0 Å². The Morgan fingerprint density at radius 3 is 2.18 bits per heavy atom. The summed E-state index contributed by atoms with van der Waals surface area (Å²) in [6.07, 6.45) is 0.984. The van der Waals surface area contributed by atoms with Gasteiger partial charge in [0.15, 0.2) is 11.5 Å². The van der Waals surface area contributed by atoms with Gasteiger partial charge in [0.05, 0.1) is 0 Å². The van der Waals surface area contributed by atoms with Crippen LogP contribution in [-0.4, -0.2) is 22.0 Å². The van der Waals surface area contributed by atoms with Crippen molar-refractivity contribution in [2.75, 3.05) is 16.0 Å². The van der Waals surface area contributed by atoms with Gasteiger partial charge in [0.25, 0.3) is 5.91 Å². The van der Waals surface area contributed by atoms with Crippen molar-refractivity contribution in [3.63, 3.8) is 0 Å². The maximum absolute atomic E-state index is 12.4. The molecule has 0 bridgehead atoms. The molecule has 0 fully saturated rings. The number of nitrogens with one attached hydrogen (secondary N) is 3. The molecule has 2 amide bonds. The van der Waals surface area contributed by atoms with Crippen LogP contribution in [0.1, 0.15) is 29.9 Å². The van der Waals surface area contributed by atoms with Crippen LogP contribution in [0, 0.1) is 0 Å². The summed E-state index contributed by atoms with van der Waals surface area (Å²) in [7, 11) is 0. The highest BCUT2D eigenvalue weighted by Crippen LogP contribution is 2.17. The number of benzene rings is 2. The number of carbonyl (C=O) groups excluding carboxylic acids is 2. The second-order valence-corrected chi connectivity index (χ2v) is 6.20. The SMILES string of the molecule is CCc1ccc(Nc2ccc(C(=O)Nc3cccc(NC(C)=O)c3)nn2)cc1. The van der Waals surface area contributed by atoms with E-state index in [-0.39, 0.29) is 17.5 Å². The molecule has 0 aliphatic heterocycles. The van der Waals surface area contributed by atoms with Gasteiger partial charge < -0.3 is 16.0 Å². The minimum atomic E-state index is -0.383. The number of carbonyl (C=O) groups is 2. The van der Waals surface area contributed by atoms with Gasteiger partial charge in [-0.05, 0) is 54.4 Å². The van der Waals surface area contributed by atoms with E-state index in [0.717, 1.165) is 12.1 Å². The number of hydrogen-bond acceptors (Lipinski definition) is 5. The number of rotatable bonds is 6. The van der Waals surface area contributed by atoms with Crippen LogP contribution in [0.15, 0.2) is 60.7 Å². The third kappa shape index (κ3) is 5.14. The number of nitrogens with zero attached hydrogens (tertiary/aromatic N) is 2. The first-order chi connectivity index (χ1) is 13.5. The second kappa shape index (κ2) is 8.77. The monoisotopic (exact) mass is 375 g/mol. The van der Waals surface area contributed by atoms with Crippen LogP contribution < -0.4 is 16.0 Å². The van der Waals surface area contributed by atoms with Crippen molar-refractivity contribution in [1.29, 1.82) is 0 Å². The van der Waals surface area contributed by atoms with Gasteiger partial charge in [-0.2, -0.15) is 0 Å². The van der Waals surface area contributed by atoms with Gasteiger partial charge in [-0.25, -0.2) is 0 Å². The number of hydrogen-bond donors (Lipinski definition) is 3. The first-order valence-electron chi connectivity index (χ1n) is 8.92. The lowest BCUT2D eigenvalue weighted by Crippen LogP contribution is -2.15. The molecule has 0 saturated carbocycles. The highest BCUT2D eigenvalue weighted by atomic mass is 16.2. The van der Waals surface area contributed by atoms with Gasteiger partial charge >= 0.3 is 0 Å². The summed E-state index contributed by atoms with van der Waals surface area (Å²) in [6.45, 7) is 3.53.